The minimum atomic E-state index is -0.190. The van der Waals surface area contributed by atoms with Crippen LogP contribution in [0.5, 0.6) is 0 Å². The Morgan fingerprint density at radius 2 is 2.21 bits per heavy atom. The van der Waals surface area contributed by atoms with Gasteiger partial charge in [0.2, 0.25) is 0 Å². The molecule has 1 atom stereocenters. The molecule has 1 rings (SSSR count). The molecule has 0 saturated carbocycles. The van der Waals surface area contributed by atoms with Crippen LogP contribution in [0.25, 0.3) is 0 Å². The summed E-state index contributed by atoms with van der Waals surface area (Å²) in [5.74, 6) is 0.122. The van der Waals surface area contributed by atoms with Gasteiger partial charge in [-0.05, 0) is 37.1 Å². The zero-order valence-corrected chi connectivity index (χ0v) is 9.97. The van der Waals surface area contributed by atoms with Crippen molar-refractivity contribution >= 4 is 21.7 Å². The van der Waals surface area contributed by atoms with E-state index in [0.29, 0.717) is 6.42 Å². The molecule has 0 amide bonds. The molecule has 0 radical (unpaired) electrons. The van der Waals surface area contributed by atoms with Gasteiger partial charge in [-0.25, -0.2) is 0 Å². The van der Waals surface area contributed by atoms with Crippen molar-refractivity contribution in [1.82, 2.24) is 0 Å². The van der Waals surface area contributed by atoms with Crippen molar-refractivity contribution in [3.05, 3.63) is 33.8 Å². The van der Waals surface area contributed by atoms with Gasteiger partial charge in [0.15, 0.2) is 0 Å². The first-order valence-electron chi connectivity index (χ1n) is 4.51. The molecule has 0 bridgehead atoms. The smallest absolute Gasteiger partial charge is 0.131 e. The van der Waals surface area contributed by atoms with E-state index in [4.69, 9.17) is 5.73 Å². The number of hydrogen-bond acceptors (Lipinski definition) is 2. The number of halogens is 1. The second-order valence-corrected chi connectivity index (χ2v) is 4.43. The maximum absolute atomic E-state index is 10.9. The quantitative estimate of drug-likeness (QED) is 0.903. The van der Waals surface area contributed by atoms with E-state index < -0.39 is 0 Å². The second-order valence-electron chi connectivity index (χ2n) is 3.51. The number of rotatable bonds is 3. The standard InChI is InChI=1S/C11H14BrNO/c1-7-3-4-9(12)6-10(7)11(13)5-8(2)14/h3-4,6,11H,5,13H2,1-2H3. The van der Waals surface area contributed by atoms with Gasteiger partial charge in [0.25, 0.3) is 0 Å². The number of hydrogen-bond donors (Lipinski definition) is 1. The van der Waals surface area contributed by atoms with E-state index in [9.17, 15) is 4.79 Å². The van der Waals surface area contributed by atoms with Gasteiger partial charge >= 0.3 is 0 Å². The van der Waals surface area contributed by atoms with Crippen LogP contribution in [0.1, 0.15) is 30.5 Å². The fourth-order valence-electron chi connectivity index (χ4n) is 1.43. The average molecular weight is 256 g/mol. The van der Waals surface area contributed by atoms with E-state index in [-0.39, 0.29) is 11.8 Å². The second kappa shape index (κ2) is 4.71. The third kappa shape index (κ3) is 2.93. The van der Waals surface area contributed by atoms with E-state index >= 15 is 0 Å². The lowest BCUT2D eigenvalue weighted by atomic mass is 9.98. The summed E-state index contributed by atoms with van der Waals surface area (Å²) in [4.78, 5) is 10.9. The van der Waals surface area contributed by atoms with Crippen molar-refractivity contribution in [2.24, 2.45) is 5.73 Å². The summed E-state index contributed by atoms with van der Waals surface area (Å²) < 4.78 is 0.997. The molecule has 1 aromatic carbocycles. The predicted octanol–water partition coefficient (Wildman–Crippen LogP) is 2.74. The van der Waals surface area contributed by atoms with E-state index in [2.05, 4.69) is 15.9 Å². The Hall–Kier alpha value is -0.670. The van der Waals surface area contributed by atoms with Crippen LogP contribution in [-0.2, 0) is 4.79 Å². The Morgan fingerprint density at radius 3 is 2.79 bits per heavy atom. The van der Waals surface area contributed by atoms with Crippen molar-refractivity contribution in [1.29, 1.82) is 0 Å². The first-order valence-corrected chi connectivity index (χ1v) is 5.31. The summed E-state index contributed by atoms with van der Waals surface area (Å²) >= 11 is 3.39. The largest absolute Gasteiger partial charge is 0.324 e. The summed E-state index contributed by atoms with van der Waals surface area (Å²) in [6.07, 6.45) is 0.400. The zero-order chi connectivity index (χ0) is 10.7. The molecule has 1 unspecified atom stereocenters. The highest BCUT2D eigenvalue weighted by Crippen LogP contribution is 2.22. The normalized spacial score (nSPS) is 12.6. The van der Waals surface area contributed by atoms with Crippen LogP contribution in [-0.4, -0.2) is 5.78 Å². The Kier molecular flexibility index (Phi) is 3.84. The lowest BCUT2D eigenvalue weighted by Crippen LogP contribution is -2.14. The molecule has 0 aliphatic heterocycles. The number of benzene rings is 1. The molecule has 0 aliphatic rings. The zero-order valence-electron chi connectivity index (χ0n) is 8.38. The van der Waals surface area contributed by atoms with Gasteiger partial charge in [-0.1, -0.05) is 22.0 Å². The Morgan fingerprint density at radius 1 is 1.57 bits per heavy atom. The molecule has 0 aliphatic carbocycles. The fourth-order valence-corrected chi connectivity index (χ4v) is 1.81. The summed E-state index contributed by atoms with van der Waals surface area (Å²) in [5.41, 5.74) is 8.09. The summed E-state index contributed by atoms with van der Waals surface area (Å²) in [7, 11) is 0. The molecular weight excluding hydrogens is 242 g/mol. The molecule has 2 nitrogen and oxygen atoms in total. The highest BCUT2D eigenvalue weighted by molar-refractivity contribution is 9.10. The van der Waals surface area contributed by atoms with Crippen LogP contribution in [0.3, 0.4) is 0 Å². The monoisotopic (exact) mass is 255 g/mol. The van der Waals surface area contributed by atoms with Crippen LogP contribution in [0.15, 0.2) is 22.7 Å². The van der Waals surface area contributed by atoms with Gasteiger partial charge in [-0.15, -0.1) is 0 Å². The topological polar surface area (TPSA) is 43.1 Å². The van der Waals surface area contributed by atoms with Crippen LogP contribution >= 0.6 is 15.9 Å². The third-order valence-electron chi connectivity index (χ3n) is 2.15. The molecule has 0 aromatic heterocycles. The lowest BCUT2D eigenvalue weighted by Gasteiger charge is -2.13. The number of aryl methyl sites for hydroxylation is 1. The summed E-state index contributed by atoms with van der Waals surface area (Å²) in [6, 6.07) is 5.76. The van der Waals surface area contributed by atoms with E-state index in [0.717, 1.165) is 15.6 Å². The molecule has 76 valence electrons. The van der Waals surface area contributed by atoms with Crippen LogP contribution in [0, 0.1) is 6.92 Å². The number of Topliss-reactive ketones (excluding diaryl/α,β-unsaturated/α-hetero) is 1. The molecule has 1 aromatic rings. The van der Waals surface area contributed by atoms with Crippen molar-refractivity contribution in [2.45, 2.75) is 26.3 Å². The van der Waals surface area contributed by atoms with Gasteiger partial charge < -0.3 is 5.73 Å². The molecule has 0 saturated heterocycles. The van der Waals surface area contributed by atoms with Crippen molar-refractivity contribution in [3.8, 4) is 0 Å². The highest BCUT2D eigenvalue weighted by atomic mass is 79.9. The Balaban J connectivity index is 2.93. The van der Waals surface area contributed by atoms with E-state index in [1.54, 1.807) is 6.92 Å². The maximum atomic E-state index is 10.9. The molecule has 0 spiro atoms. The van der Waals surface area contributed by atoms with E-state index in [1.807, 2.05) is 25.1 Å². The summed E-state index contributed by atoms with van der Waals surface area (Å²) in [6.45, 7) is 3.56. The van der Waals surface area contributed by atoms with Gasteiger partial charge in [-0.3, -0.25) is 4.79 Å². The Labute approximate surface area is 92.6 Å². The Bertz CT molecular complexity index is 349. The maximum Gasteiger partial charge on any atom is 0.131 e. The van der Waals surface area contributed by atoms with Crippen LogP contribution in [0.2, 0.25) is 0 Å². The lowest BCUT2D eigenvalue weighted by molar-refractivity contribution is -0.117. The SMILES string of the molecule is CC(=O)CC(N)c1cc(Br)ccc1C. The first-order chi connectivity index (χ1) is 6.50. The van der Waals surface area contributed by atoms with Gasteiger partial charge in [-0.2, -0.15) is 0 Å². The van der Waals surface area contributed by atoms with Crippen molar-refractivity contribution in [2.75, 3.05) is 0 Å². The van der Waals surface area contributed by atoms with Crippen molar-refractivity contribution < 1.29 is 4.79 Å². The number of carbonyl (C=O) groups is 1. The minimum absolute atomic E-state index is 0.122. The average Bonchev–Trinajstić information content (AvgIpc) is 2.08. The van der Waals surface area contributed by atoms with E-state index in [1.165, 1.54) is 0 Å². The van der Waals surface area contributed by atoms with Gasteiger partial charge in [0.05, 0.1) is 0 Å². The van der Waals surface area contributed by atoms with Crippen molar-refractivity contribution in [3.63, 3.8) is 0 Å². The number of ketones is 1. The highest BCUT2D eigenvalue weighted by Gasteiger charge is 2.11. The first kappa shape index (κ1) is 11.4. The van der Waals surface area contributed by atoms with Gasteiger partial charge in [0, 0.05) is 16.9 Å². The minimum Gasteiger partial charge on any atom is -0.324 e. The summed E-state index contributed by atoms with van der Waals surface area (Å²) in [5, 5.41) is 0. The fraction of sp³-hybridized carbons (Fsp3) is 0.364. The van der Waals surface area contributed by atoms with Crippen LogP contribution in [0.4, 0.5) is 0 Å². The number of carbonyl (C=O) groups excluding carboxylic acids is 1. The molecule has 3 heteroatoms. The molecular formula is C11H14BrNO. The number of nitrogens with two attached hydrogens (primary N) is 1. The predicted molar refractivity (Wildman–Crippen MR) is 61.1 cm³/mol. The molecule has 2 N–H and O–H groups in total. The molecule has 0 fully saturated rings. The third-order valence-corrected chi connectivity index (χ3v) is 2.64. The molecule has 0 heterocycles. The van der Waals surface area contributed by atoms with Gasteiger partial charge in [0.1, 0.15) is 5.78 Å². The molecule has 14 heavy (non-hydrogen) atoms. The van der Waals surface area contributed by atoms with Crippen LogP contribution < -0.4 is 5.73 Å².